The lowest BCUT2D eigenvalue weighted by atomic mass is 10.5. The van der Waals surface area contributed by atoms with Crippen molar-refractivity contribution in [1.29, 1.82) is 0 Å². The predicted molar refractivity (Wildman–Crippen MR) is 65.7 cm³/mol. The molecule has 18 heavy (non-hydrogen) atoms. The third kappa shape index (κ3) is 11.1. The highest BCUT2D eigenvalue weighted by Crippen LogP contribution is 2.49. The summed E-state index contributed by atoms with van der Waals surface area (Å²) in [6.45, 7) is -0.0472. The molecule has 12 heteroatoms. The second-order valence-electron chi connectivity index (χ2n) is 3.64. The normalized spacial score (nSPS) is 12.9. The first-order valence-corrected chi connectivity index (χ1v) is 8.52. The van der Waals surface area contributed by atoms with Gasteiger partial charge in [0, 0.05) is 13.1 Å². The summed E-state index contributed by atoms with van der Waals surface area (Å²) in [5.74, 6) is -0.567. The molecule has 0 saturated carbocycles. The highest BCUT2D eigenvalue weighted by atomic mass is 31.2. The van der Waals surface area contributed by atoms with Gasteiger partial charge in [0.05, 0.1) is 6.54 Å². The third-order valence-corrected chi connectivity index (χ3v) is 3.17. The Balaban J connectivity index is 4.43. The molecule has 0 aromatic heterocycles. The van der Waals surface area contributed by atoms with Gasteiger partial charge in [-0.25, -0.2) is 4.90 Å². The van der Waals surface area contributed by atoms with Crippen LogP contribution < -0.4 is 11.1 Å². The molecule has 0 radical (unpaired) electrons. The Morgan fingerprint density at radius 1 is 1.06 bits per heavy atom. The van der Waals surface area contributed by atoms with Crippen molar-refractivity contribution in [3.63, 3.8) is 0 Å². The van der Waals surface area contributed by atoms with Gasteiger partial charge in [-0.3, -0.25) is 4.79 Å². The first-order chi connectivity index (χ1) is 8.03. The van der Waals surface area contributed by atoms with Crippen molar-refractivity contribution in [2.75, 3.05) is 32.2 Å². The minimum atomic E-state index is -4.23. The van der Waals surface area contributed by atoms with Gasteiger partial charge in [0.25, 0.3) is 0 Å². The van der Waals surface area contributed by atoms with E-state index in [2.05, 4.69) is 5.32 Å². The average molecular weight is 307 g/mol. The molecule has 10 nitrogen and oxygen atoms in total. The molecule has 0 unspecified atom stereocenters. The van der Waals surface area contributed by atoms with E-state index in [9.17, 15) is 4.79 Å². The second-order valence-corrected chi connectivity index (χ2v) is 6.97. The zero-order valence-electron chi connectivity index (χ0n) is 9.55. The van der Waals surface area contributed by atoms with E-state index in [4.69, 9.17) is 35.1 Å². The molecule has 0 bridgehead atoms. The fraction of sp³-hybridized carbons (Fsp3) is 0.833. The van der Waals surface area contributed by atoms with Crippen LogP contribution in [0.1, 0.15) is 0 Å². The minimum absolute atomic E-state index is 0.196. The largest absolute Gasteiger partial charge is 0.419 e. The number of nitrogens with one attached hydrogen (secondary N) is 1. The Hall–Kier alpha value is 0.01000. The number of hydrogen-bond donors (Lipinski definition) is 8. The lowest BCUT2D eigenvalue weighted by Gasteiger charge is -2.19. The van der Waals surface area contributed by atoms with Crippen molar-refractivity contribution in [2.45, 2.75) is 0 Å². The van der Waals surface area contributed by atoms with Crippen LogP contribution >= 0.6 is 15.9 Å². The van der Waals surface area contributed by atoms with E-state index in [1.807, 2.05) is 0 Å². The summed E-state index contributed by atoms with van der Waals surface area (Å²) in [4.78, 5) is 65.4. The molecule has 0 aliphatic carbocycles. The zero-order valence-corrected chi connectivity index (χ0v) is 11.3. The van der Waals surface area contributed by atoms with Crippen LogP contribution in [-0.4, -0.2) is 72.4 Å². The molecule has 9 N–H and O–H groups in total. The molecule has 0 atom stereocenters. The highest BCUT2D eigenvalue weighted by molar-refractivity contribution is 7.59. The van der Waals surface area contributed by atoms with Gasteiger partial charge in [0.15, 0.2) is 12.6 Å². The summed E-state index contributed by atoms with van der Waals surface area (Å²) in [5, 5.41) is 2.36. The van der Waals surface area contributed by atoms with Gasteiger partial charge < -0.3 is 11.1 Å². The molecule has 0 aliphatic rings. The van der Waals surface area contributed by atoms with Gasteiger partial charge >= 0.3 is 15.9 Å². The fourth-order valence-corrected chi connectivity index (χ4v) is 2.78. The Bertz CT molecular complexity index is 251. The molecule has 0 heterocycles. The zero-order chi connectivity index (χ0) is 14.4. The molecular weight excluding hydrogens is 288 g/mol. The summed E-state index contributed by atoms with van der Waals surface area (Å²) in [7, 11) is -8.47. The van der Waals surface area contributed by atoms with E-state index < -0.39 is 40.9 Å². The maximum atomic E-state index is 11.3. The Labute approximate surface area is 105 Å². The van der Waals surface area contributed by atoms with Crippen LogP contribution in [-0.2, 0) is 4.79 Å². The predicted octanol–water partition coefficient (Wildman–Crippen LogP) is -3.24. The molecule has 0 aromatic carbocycles. The van der Waals surface area contributed by atoms with Crippen molar-refractivity contribution in [3.8, 4) is 0 Å². The molecule has 1 amide bonds. The van der Waals surface area contributed by atoms with Gasteiger partial charge in [0.1, 0.15) is 0 Å². The number of nitrogens with two attached hydrogens (primary N) is 1. The quantitative estimate of drug-likeness (QED) is 0.214. The SMILES string of the molecule is NCCNC(=O)CN(C[P+](O)(O)O)C[P+](O)(O)O. The summed E-state index contributed by atoms with van der Waals surface area (Å²) in [6.07, 6.45) is -1.51. The summed E-state index contributed by atoms with van der Waals surface area (Å²) in [5.41, 5.74) is 5.15. The molecular formula is C6H19N3O7P2+2. The van der Waals surface area contributed by atoms with Crippen LogP contribution in [0.5, 0.6) is 0 Å². The van der Waals surface area contributed by atoms with E-state index in [1.54, 1.807) is 0 Å². The third-order valence-electron chi connectivity index (χ3n) is 1.61. The van der Waals surface area contributed by atoms with E-state index in [1.165, 1.54) is 0 Å². The van der Waals surface area contributed by atoms with Crippen molar-refractivity contribution in [1.82, 2.24) is 10.2 Å². The van der Waals surface area contributed by atoms with Gasteiger partial charge in [-0.1, -0.05) is 0 Å². The Morgan fingerprint density at radius 3 is 1.83 bits per heavy atom. The Kier molecular flexibility index (Phi) is 7.57. The van der Waals surface area contributed by atoms with Crippen LogP contribution in [0.3, 0.4) is 0 Å². The number of amides is 1. The molecule has 0 aromatic rings. The smallest absolute Gasteiger partial charge is 0.354 e. The number of hydrogen-bond acceptors (Lipinski definition) is 9. The van der Waals surface area contributed by atoms with Crippen molar-refractivity contribution in [3.05, 3.63) is 0 Å². The maximum Gasteiger partial charge on any atom is 0.419 e. The van der Waals surface area contributed by atoms with E-state index in [0.717, 1.165) is 4.90 Å². The lowest BCUT2D eigenvalue weighted by Crippen LogP contribution is -2.40. The highest BCUT2D eigenvalue weighted by Gasteiger charge is 2.41. The molecule has 108 valence electrons. The van der Waals surface area contributed by atoms with E-state index in [0.29, 0.717) is 0 Å². The number of nitrogens with zero attached hydrogens (tertiary/aromatic N) is 1. The fourth-order valence-electron chi connectivity index (χ4n) is 1.15. The average Bonchev–Trinajstić information content (AvgIpc) is 2.08. The summed E-state index contributed by atoms with van der Waals surface area (Å²) in [6, 6.07) is 0. The van der Waals surface area contributed by atoms with Crippen LogP contribution in [0, 0.1) is 0 Å². The van der Waals surface area contributed by atoms with Crippen molar-refractivity contribution < 1.29 is 34.2 Å². The minimum Gasteiger partial charge on any atom is -0.354 e. The molecule has 0 spiro atoms. The molecule has 0 rings (SSSR count). The summed E-state index contributed by atoms with van der Waals surface area (Å²) < 4.78 is 0. The van der Waals surface area contributed by atoms with Gasteiger partial charge in [-0.15, -0.1) is 0 Å². The van der Waals surface area contributed by atoms with Crippen molar-refractivity contribution >= 4 is 21.8 Å². The standard InChI is InChI=1S/C6H18N3O7P2/c7-1-2-8-6(10)3-9(4-17(11,12)13)5-18(14,15)16/h11-16H,1-5,7H2/q+1/p+1. The number of rotatable bonds is 8. The van der Waals surface area contributed by atoms with Crippen LogP contribution in [0.2, 0.25) is 0 Å². The first kappa shape index (κ1) is 18.0. The van der Waals surface area contributed by atoms with Crippen LogP contribution in [0.25, 0.3) is 0 Å². The second kappa shape index (κ2) is 7.56. The number of carbonyl (C=O) groups is 1. The van der Waals surface area contributed by atoms with Crippen molar-refractivity contribution in [2.24, 2.45) is 5.73 Å². The van der Waals surface area contributed by atoms with Gasteiger partial charge in [-0.2, -0.15) is 29.4 Å². The molecule has 0 saturated heterocycles. The molecule has 0 fully saturated rings. The van der Waals surface area contributed by atoms with E-state index in [-0.39, 0.29) is 13.1 Å². The van der Waals surface area contributed by atoms with Gasteiger partial charge in [-0.05, 0) is 0 Å². The van der Waals surface area contributed by atoms with E-state index >= 15 is 0 Å². The number of carbonyl (C=O) groups excluding carboxylic acids is 1. The monoisotopic (exact) mass is 307 g/mol. The first-order valence-electron chi connectivity index (χ1n) is 4.85. The summed E-state index contributed by atoms with van der Waals surface area (Å²) >= 11 is 0. The maximum absolute atomic E-state index is 11.3. The van der Waals surface area contributed by atoms with Crippen LogP contribution in [0.4, 0.5) is 0 Å². The topological polar surface area (TPSA) is 180 Å². The van der Waals surface area contributed by atoms with Crippen LogP contribution in [0.15, 0.2) is 0 Å². The van der Waals surface area contributed by atoms with Gasteiger partial charge in [0.2, 0.25) is 5.91 Å². The molecule has 0 aliphatic heterocycles. The Morgan fingerprint density at radius 2 is 1.50 bits per heavy atom. The lowest BCUT2D eigenvalue weighted by molar-refractivity contribution is -0.121.